The average Bonchev–Trinajstić information content (AvgIpc) is 3.98. The Morgan fingerprint density at radius 2 is 1.23 bits per heavy atom. The van der Waals surface area contributed by atoms with Crippen LogP contribution in [0.25, 0.3) is 0 Å². The molecule has 0 amide bonds. The number of aliphatic hydroxyl groups is 2. The van der Waals surface area contributed by atoms with E-state index in [9.17, 15) is 0 Å². The topological polar surface area (TPSA) is 217 Å². The summed E-state index contributed by atoms with van der Waals surface area (Å²) < 4.78 is 64.3. The molecule has 0 unspecified atom stereocenters. The molecule has 4 heterocycles. The van der Waals surface area contributed by atoms with Crippen LogP contribution in [0.15, 0.2) is 73.9 Å². The normalized spacial score (nSPS) is 13.3. The third-order valence-corrected chi connectivity index (χ3v) is 12.4. The van der Waals surface area contributed by atoms with Crippen LogP contribution in [-0.2, 0) is 65.0 Å². The van der Waals surface area contributed by atoms with Crippen LogP contribution in [0, 0.1) is 6.92 Å². The lowest BCUT2D eigenvalue weighted by atomic mass is 9.91. The van der Waals surface area contributed by atoms with Gasteiger partial charge in [-0.15, -0.1) is 0 Å². The smallest absolute Gasteiger partial charge is 0.408 e. The largest absolute Gasteiger partial charge is 0.748 e. The second kappa shape index (κ2) is 34.5. The zero-order chi connectivity index (χ0) is 50.2. The van der Waals surface area contributed by atoms with Crippen molar-refractivity contribution in [2.45, 2.75) is 65.3 Å². The fraction of sp³-hybridized carbons (Fsp3) is 0.625. The van der Waals surface area contributed by atoms with Crippen molar-refractivity contribution >= 4 is 65.8 Å². The van der Waals surface area contributed by atoms with Crippen molar-refractivity contribution in [1.82, 2.24) is 0 Å². The summed E-state index contributed by atoms with van der Waals surface area (Å²) >= 11 is 3.21. The molecule has 22 heteroatoms. The van der Waals surface area contributed by atoms with E-state index in [1.54, 1.807) is 22.7 Å². The maximum absolute atomic E-state index is 9.08. The molecule has 0 bridgehead atoms. The molecule has 0 saturated heterocycles. The van der Waals surface area contributed by atoms with Gasteiger partial charge in [0.05, 0.1) is 126 Å². The first kappa shape index (κ1) is 58.7. The summed E-state index contributed by atoms with van der Waals surface area (Å²) in [5.41, 5.74) is 8.37. The van der Waals surface area contributed by atoms with Crippen molar-refractivity contribution in [3.63, 3.8) is 0 Å². The fourth-order valence-electron chi connectivity index (χ4n) is 7.42. The molecule has 2 aromatic heterocycles. The number of aryl methyl sites for hydroxylation is 5. The van der Waals surface area contributed by atoms with E-state index in [2.05, 4.69) is 71.5 Å². The number of aromatic nitrogens is 2. The van der Waals surface area contributed by atoms with Crippen molar-refractivity contribution in [1.29, 1.82) is 0 Å². The second-order valence-electron chi connectivity index (χ2n) is 16.4. The first-order valence-corrected chi connectivity index (χ1v) is 27.7. The van der Waals surface area contributed by atoms with Crippen LogP contribution in [-0.4, -0.2) is 148 Å². The van der Waals surface area contributed by atoms with Gasteiger partial charge >= 0.3 is 10.3 Å². The van der Waals surface area contributed by atoms with E-state index >= 15 is 0 Å². The number of thiazole rings is 2. The molecule has 0 atom stereocenters. The van der Waals surface area contributed by atoms with Gasteiger partial charge < -0.3 is 53.0 Å². The number of nitrogens with zero attached hydrogens (tertiary/aromatic N) is 8. The van der Waals surface area contributed by atoms with Crippen LogP contribution in [0.2, 0.25) is 0 Å². The van der Waals surface area contributed by atoms with Crippen molar-refractivity contribution in [3.8, 4) is 0 Å². The molecular formula is C48H75N8O11S3+. The monoisotopic (exact) mass is 1040 g/mol. The standard InChI is InChI=1S/C27H45N4O8S.C20H27N4S.CH4O3S/c1-24-23-25(3-4-26(24)28-29-27-30(2)7-22-40-27)31(5-10-34-14-18-38-20-16-36-12-8-32)6-11-35-15-19-39-21-17-37-13-9-33;1-2-3-4-9-24-12-13-25-20(24)22-21-18-14-16-7-5-10-23-11-6-8-17(15-18)19(16)23;1-5(2,3)4/h3-4,7,22-23,32-33H,5-6,8-21H2,1-2H3;12-15H,2-11H2,1H3;1H3,(H,2,3,4)/q2*+1;/p-1. The molecule has 6 rings (SSSR count). The number of rotatable bonds is 31. The van der Waals surface area contributed by atoms with E-state index in [1.165, 1.54) is 74.8 Å². The molecule has 0 aliphatic carbocycles. The SMILES string of the molecule is CCCCC[n+]1ccsc1N=Nc1cc2c3c(c1)CCCN3CCC2.CS(=O)(=O)[O-].Cc1cc(N(CCOCCOCCOCCO)CCOCCOCCOCCO)ccc1N=Nc1scc[n+]1C. The van der Waals surface area contributed by atoms with Crippen LogP contribution in [0.4, 0.5) is 33.0 Å². The van der Waals surface area contributed by atoms with E-state index in [4.69, 9.17) is 51.6 Å². The van der Waals surface area contributed by atoms with Crippen LogP contribution >= 0.6 is 22.7 Å². The quantitative estimate of drug-likeness (QED) is 0.0233. The van der Waals surface area contributed by atoms with Gasteiger partial charge in [0.25, 0.3) is 0 Å². The molecule has 0 saturated carbocycles. The Kier molecular flexibility index (Phi) is 28.9. The van der Waals surface area contributed by atoms with Crippen molar-refractivity contribution in [2.24, 2.45) is 27.5 Å². The van der Waals surface area contributed by atoms with Gasteiger partial charge in [-0.25, -0.2) is 17.6 Å². The maximum atomic E-state index is 9.08. The molecule has 0 radical (unpaired) electrons. The second-order valence-corrected chi connectivity index (χ2v) is 19.5. The predicted molar refractivity (Wildman–Crippen MR) is 271 cm³/mol. The van der Waals surface area contributed by atoms with Crippen LogP contribution in [0.3, 0.4) is 0 Å². The minimum absolute atomic E-state index is 0.0142. The molecule has 390 valence electrons. The Labute approximate surface area is 422 Å². The Balaban J connectivity index is 0.000000299. The summed E-state index contributed by atoms with van der Waals surface area (Å²) in [4.78, 5) is 4.79. The van der Waals surface area contributed by atoms with Crippen molar-refractivity contribution in [2.75, 3.05) is 135 Å². The molecule has 4 aromatic rings. The number of hydrogen-bond acceptors (Lipinski definition) is 19. The summed E-state index contributed by atoms with van der Waals surface area (Å²) in [5.74, 6) is 0. The summed E-state index contributed by atoms with van der Waals surface area (Å²) in [6, 6.07) is 10.6. The highest BCUT2D eigenvalue weighted by molar-refractivity contribution is 7.84. The molecule has 0 fully saturated rings. The summed E-state index contributed by atoms with van der Waals surface area (Å²) in [6.45, 7) is 14.7. The Morgan fingerprint density at radius 1 is 0.714 bits per heavy atom. The molecule has 19 nitrogen and oxygen atoms in total. The molecule has 70 heavy (non-hydrogen) atoms. The van der Waals surface area contributed by atoms with Crippen LogP contribution in [0.1, 0.15) is 55.7 Å². The van der Waals surface area contributed by atoms with Gasteiger partial charge in [-0.05, 0) is 125 Å². The van der Waals surface area contributed by atoms with E-state index in [1.807, 2.05) is 42.2 Å². The Bertz CT molecular complexity index is 2170. The first-order chi connectivity index (χ1) is 34.0. The number of unbranched alkanes of at least 4 members (excludes halogenated alkanes) is 2. The van der Waals surface area contributed by atoms with Gasteiger partial charge in [0, 0.05) is 54.6 Å². The molecule has 2 aromatic carbocycles. The lowest BCUT2D eigenvalue weighted by Crippen LogP contribution is -2.34. The van der Waals surface area contributed by atoms with E-state index in [0.717, 1.165) is 39.4 Å². The minimum atomic E-state index is -3.92. The number of benzene rings is 2. The lowest BCUT2D eigenvalue weighted by Gasteiger charge is -2.36. The van der Waals surface area contributed by atoms with Gasteiger partial charge in [0.1, 0.15) is 23.8 Å². The van der Waals surface area contributed by atoms with E-state index in [-0.39, 0.29) is 13.2 Å². The van der Waals surface area contributed by atoms with Gasteiger partial charge in [-0.3, -0.25) is 0 Å². The lowest BCUT2D eigenvalue weighted by molar-refractivity contribution is -0.680. The number of ether oxygens (including phenoxy) is 6. The minimum Gasteiger partial charge on any atom is -0.748 e. The number of anilines is 2. The van der Waals surface area contributed by atoms with Crippen molar-refractivity contribution in [3.05, 3.63) is 70.2 Å². The predicted octanol–water partition coefficient (Wildman–Crippen LogP) is 6.69. The summed E-state index contributed by atoms with van der Waals surface area (Å²) in [7, 11) is -1.97. The van der Waals surface area contributed by atoms with E-state index < -0.39 is 10.1 Å². The Hall–Kier alpha value is -3.91. The summed E-state index contributed by atoms with van der Waals surface area (Å²) in [5, 5.41) is 41.3. The molecule has 2 N–H and O–H groups in total. The number of hydrogen-bond donors (Lipinski definition) is 2. The highest BCUT2D eigenvalue weighted by Crippen LogP contribution is 2.38. The van der Waals surface area contributed by atoms with Gasteiger partial charge in [0.2, 0.25) is 0 Å². The molecule has 2 aliphatic rings. The summed E-state index contributed by atoms with van der Waals surface area (Å²) in [6.07, 6.45) is 13.3. The molecule has 0 spiro atoms. The van der Waals surface area contributed by atoms with E-state index in [0.29, 0.717) is 98.6 Å². The molecule has 2 aliphatic heterocycles. The highest BCUT2D eigenvalue weighted by Gasteiger charge is 2.25. The number of azo groups is 2. The number of aliphatic hydroxyl groups excluding tert-OH is 2. The van der Waals surface area contributed by atoms with Gasteiger partial charge in [0.15, 0.2) is 0 Å². The zero-order valence-electron chi connectivity index (χ0n) is 41.5. The Morgan fingerprint density at radius 3 is 1.74 bits per heavy atom. The molecular weight excluding hydrogens is 961 g/mol. The first-order valence-electron chi connectivity index (χ1n) is 24.1. The van der Waals surface area contributed by atoms with Gasteiger partial charge in [-0.2, -0.15) is 0 Å². The highest BCUT2D eigenvalue weighted by atomic mass is 32.2. The van der Waals surface area contributed by atoms with Crippen LogP contribution in [0.5, 0.6) is 0 Å². The maximum Gasteiger partial charge on any atom is 0.408 e. The third-order valence-electron chi connectivity index (χ3n) is 10.7. The van der Waals surface area contributed by atoms with Crippen molar-refractivity contribution < 1.29 is 60.7 Å². The average molecular weight is 1040 g/mol. The third kappa shape index (κ3) is 23.5. The fourth-order valence-corrected chi connectivity index (χ4v) is 8.81. The van der Waals surface area contributed by atoms with Gasteiger partial charge in [-0.1, -0.05) is 13.3 Å². The van der Waals surface area contributed by atoms with Crippen LogP contribution < -0.4 is 18.9 Å². The zero-order valence-corrected chi connectivity index (χ0v) is 43.9.